The summed E-state index contributed by atoms with van der Waals surface area (Å²) in [5, 5.41) is 4.93. The number of carbonyl (C=O) groups excluding carboxylic acids is 1. The van der Waals surface area contributed by atoms with E-state index in [-0.39, 0.29) is 0 Å². The summed E-state index contributed by atoms with van der Waals surface area (Å²) in [6.45, 7) is 1.78. The molecule has 0 aliphatic heterocycles. The van der Waals surface area contributed by atoms with Crippen LogP contribution in [-0.4, -0.2) is 15.7 Å². The van der Waals surface area contributed by atoms with Crippen LogP contribution >= 0.6 is 11.6 Å². The average Bonchev–Trinajstić information content (AvgIpc) is 2.57. The molecular formula is C13H14ClN3O. The molecule has 18 heavy (non-hydrogen) atoms. The van der Waals surface area contributed by atoms with Crippen molar-refractivity contribution in [3.05, 3.63) is 51.8 Å². The van der Waals surface area contributed by atoms with E-state index in [0.29, 0.717) is 22.7 Å². The first kappa shape index (κ1) is 12.6. The summed E-state index contributed by atoms with van der Waals surface area (Å²) in [4.78, 5) is 11.4. The van der Waals surface area contributed by atoms with Crippen LogP contribution in [0.25, 0.3) is 0 Å². The Morgan fingerprint density at radius 1 is 1.39 bits per heavy atom. The van der Waals surface area contributed by atoms with Gasteiger partial charge in [0.1, 0.15) is 0 Å². The molecule has 1 amide bonds. The Kier molecular flexibility index (Phi) is 3.39. The SMILES string of the molecule is Cc1nn(C)c(Cc2ccc(Cl)cc2)c1C(N)=O. The number of primary amides is 1. The lowest BCUT2D eigenvalue weighted by molar-refractivity contribution is 0.0999. The zero-order valence-corrected chi connectivity index (χ0v) is 11.0. The second-order valence-corrected chi connectivity index (χ2v) is 4.63. The van der Waals surface area contributed by atoms with E-state index in [4.69, 9.17) is 17.3 Å². The molecule has 0 aliphatic rings. The summed E-state index contributed by atoms with van der Waals surface area (Å²) in [6, 6.07) is 7.50. The molecule has 1 aromatic carbocycles. The topological polar surface area (TPSA) is 60.9 Å². The minimum absolute atomic E-state index is 0.440. The highest BCUT2D eigenvalue weighted by Crippen LogP contribution is 2.18. The van der Waals surface area contributed by atoms with E-state index in [1.807, 2.05) is 31.3 Å². The van der Waals surface area contributed by atoms with Crippen molar-refractivity contribution in [2.75, 3.05) is 0 Å². The van der Waals surface area contributed by atoms with Crippen molar-refractivity contribution < 1.29 is 4.79 Å². The van der Waals surface area contributed by atoms with Crippen molar-refractivity contribution in [2.45, 2.75) is 13.3 Å². The van der Waals surface area contributed by atoms with Crippen LogP contribution in [0.2, 0.25) is 5.02 Å². The third kappa shape index (κ3) is 2.38. The zero-order chi connectivity index (χ0) is 13.3. The summed E-state index contributed by atoms with van der Waals surface area (Å²) in [6.07, 6.45) is 0.604. The van der Waals surface area contributed by atoms with E-state index >= 15 is 0 Å². The fourth-order valence-electron chi connectivity index (χ4n) is 2.02. The third-order valence-electron chi connectivity index (χ3n) is 2.87. The van der Waals surface area contributed by atoms with Crippen LogP contribution < -0.4 is 5.73 Å². The molecule has 1 heterocycles. The van der Waals surface area contributed by atoms with Crippen molar-refractivity contribution in [1.29, 1.82) is 0 Å². The van der Waals surface area contributed by atoms with Gasteiger partial charge < -0.3 is 5.73 Å². The maximum atomic E-state index is 11.4. The lowest BCUT2D eigenvalue weighted by Gasteiger charge is -2.05. The number of nitrogens with zero attached hydrogens (tertiary/aromatic N) is 2. The summed E-state index contributed by atoms with van der Waals surface area (Å²) >= 11 is 5.84. The van der Waals surface area contributed by atoms with Crippen LogP contribution in [0.4, 0.5) is 0 Å². The van der Waals surface area contributed by atoms with Crippen molar-refractivity contribution in [3.8, 4) is 0 Å². The normalized spacial score (nSPS) is 10.6. The highest BCUT2D eigenvalue weighted by molar-refractivity contribution is 6.30. The number of benzene rings is 1. The molecule has 2 aromatic rings. The Hall–Kier alpha value is -1.81. The predicted octanol–water partition coefficient (Wildman–Crippen LogP) is 2.07. The maximum Gasteiger partial charge on any atom is 0.252 e. The van der Waals surface area contributed by atoms with Gasteiger partial charge in [0.15, 0.2) is 0 Å². The van der Waals surface area contributed by atoms with E-state index in [2.05, 4.69) is 5.10 Å². The Bertz CT molecular complexity index is 587. The second-order valence-electron chi connectivity index (χ2n) is 4.20. The van der Waals surface area contributed by atoms with Crippen LogP contribution in [0, 0.1) is 6.92 Å². The molecule has 0 radical (unpaired) electrons. The van der Waals surface area contributed by atoms with Gasteiger partial charge in [0.2, 0.25) is 0 Å². The number of rotatable bonds is 3. The fraction of sp³-hybridized carbons (Fsp3) is 0.231. The first-order valence-electron chi connectivity index (χ1n) is 5.55. The molecule has 0 unspecified atom stereocenters. The smallest absolute Gasteiger partial charge is 0.252 e. The number of aryl methyl sites for hydroxylation is 2. The van der Waals surface area contributed by atoms with E-state index < -0.39 is 5.91 Å². The molecule has 0 atom stereocenters. The van der Waals surface area contributed by atoms with Gasteiger partial charge in [0.05, 0.1) is 17.0 Å². The molecule has 2 rings (SSSR count). The number of halogens is 1. The Labute approximate surface area is 110 Å². The van der Waals surface area contributed by atoms with Crippen LogP contribution in [-0.2, 0) is 13.5 Å². The van der Waals surface area contributed by atoms with Crippen molar-refractivity contribution >= 4 is 17.5 Å². The van der Waals surface area contributed by atoms with Gasteiger partial charge in [-0.25, -0.2) is 0 Å². The molecular weight excluding hydrogens is 250 g/mol. The zero-order valence-electron chi connectivity index (χ0n) is 10.3. The number of amides is 1. The second kappa shape index (κ2) is 4.82. The first-order valence-corrected chi connectivity index (χ1v) is 5.93. The highest BCUT2D eigenvalue weighted by Gasteiger charge is 2.17. The number of carbonyl (C=O) groups is 1. The largest absolute Gasteiger partial charge is 0.365 e. The quantitative estimate of drug-likeness (QED) is 0.922. The lowest BCUT2D eigenvalue weighted by atomic mass is 10.0. The summed E-state index contributed by atoms with van der Waals surface area (Å²) in [5.41, 5.74) is 8.44. The Morgan fingerprint density at radius 3 is 2.56 bits per heavy atom. The highest BCUT2D eigenvalue weighted by atomic mass is 35.5. The van der Waals surface area contributed by atoms with E-state index in [9.17, 15) is 4.79 Å². The van der Waals surface area contributed by atoms with Gasteiger partial charge >= 0.3 is 0 Å². The first-order chi connectivity index (χ1) is 8.49. The van der Waals surface area contributed by atoms with Crippen LogP contribution in [0.3, 0.4) is 0 Å². The molecule has 0 bridgehead atoms. The van der Waals surface area contributed by atoms with Gasteiger partial charge in [-0.1, -0.05) is 23.7 Å². The molecule has 1 aromatic heterocycles. The molecule has 0 saturated heterocycles. The van der Waals surface area contributed by atoms with Crippen molar-refractivity contribution in [3.63, 3.8) is 0 Å². The molecule has 0 spiro atoms. The molecule has 2 N–H and O–H groups in total. The van der Waals surface area contributed by atoms with Crippen molar-refractivity contribution in [2.24, 2.45) is 12.8 Å². The fourth-order valence-corrected chi connectivity index (χ4v) is 2.15. The Balaban J connectivity index is 2.39. The van der Waals surface area contributed by atoms with Gasteiger partial charge in [-0.3, -0.25) is 9.48 Å². The van der Waals surface area contributed by atoms with Crippen molar-refractivity contribution in [1.82, 2.24) is 9.78 Å². The molecule has 0 fully saturated rings. The van der Waals surface area contributed by atoms with Gasteiger partial charge in [-0.15, -0.1) is 0 Å². The summed E-state index contributed by atoms with van der Waals surface area (Å²) < 4.78 is 1.70. The maximum absolute atomic E-state index is 11.4. The standard InChI is InChI=1S/C13H14ClN3O/c1-8-12(13(15)18)11(17(2)16-8)7-9-3-5-10(14)6-4-9/h3-6H,7H2,1-2H3,(H2,15,18). The number of aromatic nitrogens is 2. The Morgan fingerprint density at radius 2 is 2.00 bits per heavy atom. The van der Waals surface area contributed by atoms with Gasteiger partial charge in [0.25, 0.3) is 5.91 Å². The predicted molar refractivity (Wildman–Crippen MR) is 70.7 cm³/mol. The number of hydrogen-bond donors (Lipinski definition) is 1. The minimum Gasteiger partial charge on any atom is -0.365 e. The van der Waals surface area contributed by atoms with Gasteiger partial charge in [-0.2, -0.15) is 5.10 Å². The molecule has 4 nitrogen and oxygen atoms in total. The number of nitrogens with two attached hydrogens (primary N) is 1. The molecule has 0 saturated carbocycles. The van der Waals surface area contributed by atoms with Crippen LogP contribution in [0.5, 0.6) is 0 Å². The lowest BCUT2D eigenvalue weighted by Crippen LogP contribution is -2.15. The minimum atomic E-state index is -0.440. The van der Waals surface area contributed by atoms with Crippen LogP contribution in [0.1, 0.15) is 27.3 Å². The van der Waals surface area contributed by atoms with E-state index in [0.717, 1.165) is 11.3 Å². The van der Waals surface area contributed by atoms with Gasteiger partial charge in [-0.05, 0) is 24.6 Å². The monoisotopic (exact) mass is 263 g/mol. The van der Waals surface area contributed by atoms with Gasteiger partial charge in [0, 0.05) is 18.5 Å². The molecule has 0 aliphatic carbocycles. The molecule has 94 valence electrons. The van der Waals surface area contributed by atoms with E-state index in [1.54, 1.807) is 11.6 Å². The third-order valence-corrected chi connectivity index (χ3v) is 3.12. The summed E-state index contributed by atoms with van der Waals surface area (Å²) in [7, 11) is 1.81. The average molecular weight is 264 g/mol. The number of hydrogen-bond acceptors (Lipinski definition) is 2. The van der Waals surface area contributed by atoms with E-state index in [1.165, 1.54) is 0 Å². The summed E-state index contributed by atoms with van der Waals surface area (Å²) in [5.74, 6) is -0.440. The van der Waals surface area contributed by atoms with Crippen LogP contribution in [0.15, 0.2) is 24.3 Å². The molecule has 5 heteroatoms.